The average Bonchev–Trinajstić information content (AvgIpc) is 2.05. The van der Waals surface area contributed by atoms with E-state index in [9.17, 15) is 9.90 Å². The Morgan fingerprint density at radius 1 is 1.33 bits per heavy atom. The molecule has 2 N–H and O–H groups in total. The summed E-state index contributed by atoms with van der Waals surface area (Å²) in [5.74, 6) is -0.151. The molecule has 0 spiro atoms. The number of rotatable bonds is 1. The Morgan fingerprint density at radius 2 is 1.93 bits per heavy atom. The van der Waals surface area contributed by atoms with Crippen LogP contribution in [-0.2, 0) is 5.41 Å². The van der Waals surface area contributed by atoms with Gasteiger partial charge in [-0.2, -0.15) is 0 Å². The second kappa shape index (κ2) is 3.81. The van der Waals surface area contributed by atoms with Crippen molar-refractivity contribution >= 4 is 6.16 Å². The molecule has 4 heteroatoms. The third-order valence-corrected chi connectivity index (χ3v) is 2.00. The summed E-state index contributed by atoms with van der Waals surface area (Å²) in [4.78, 5) is 10.3. The summed E-state index contributed by atoms with van der Waals surface area (Å²) in [6.45, 7) is 5.77. The minimum absolute atomic E-state index is 0.0325. The second-order valence-electron chi connectivity index (χ2n) is 4.27. The summed E-state index contributed by atoms with van der Waals surface area (Å²) in [6, 6.07) is 4.81. The Balaban J connectivity index is 3.17. The number of hydrogen-bond donors (Lipinski definition) is 2. The van der Waals surface area contributed by atoms with Crippen LogP contribution in [0.3, 0.4) is 0 Å². The number of hydrogen-bond acceptors (Lipinski definition) is 3. The van der Waals surface area contributed by atoms with Crippen LogP contribution in [0.5, 0.6) is 11.5 Å². The van der Waals surface area contributed by atoms with E-state index in [0.29, 0.717) is 5.56 Å². The van der Waals surface area contributed by atoms with E-state index in [1.807, 2.05) is 20.8 Å². The van der Waals surface area contributed by atoms with Gasteiger partial charge in [0, 0.05) is 5.56 Å². The summed E-state index contributed by atoms with van der Waals surface area (Å²) in [5, 5.41) is 18.2. The van der Waals surface area contributed by atoms with E-state index in [1.165, 1.54) is 6.07 Å². The number of carboxylic acid groups (broad SMARTS) is 1. The van der Waals surface area contributed by atoms with Crippen LogP contribution in [0.25, 0.3) is 0 Å². The molecule has 0 amide bonds. The van der Waals surface area contributed by atoms with Crippen molar-refractivity contribution in [1.29, 1.82) is 0 Å². The smallest absolute Gasteiger partial charge is 0.504 e. The summed E-state index contributed by atoms with van der Waals surface area (Å²) in [7, 11) is 0. The largest absolute Gasteiger partial charge is 0.511 e. The molecule has 1 rings (SSSR count). The molecule has 0 aromatic heterocycles. The van der Waals surface area contributed by atoms with Crippen molar-refractivity contribution in [2.75, 3.05) is 0 Å². The molecule has 0 saturated heterocycles. The van der Waals surface area contributed by atoms with Gasteiger partial charge in [-0.05, 0) is 11.5 Å². The van der Waals surface area contributed by atoms with E-state index in [4.69, 9.17) is 5.11 Å². The van der Waals surface area contributed by atoms with Crippen LogP contribution in [0.2, 0.25) is 0 Å². The minimum atomic E-state index is -1.43. The van der Waals surface area contributed by atoms with Gasteiger partial charge in [0.15, 0.2) is 11.5 Å². The SMILES string of the molecule is CC(C)(C)c1cccc(OC(=O)O)c1O. The standard InChI is InChI=1S/C11H14O4/c1-11(2,3)7-5-4-6-8(9(7)12)15-10(13)14/h4-6,12H,1-3H3,(H,13,14). The monoisotopic (exact) mass is 210 g/mol. The lowest BCUT2D eigenvalue weighted by molar-refractivity contribution is 0.142. The molecule has 0 radical (unpaired) electrons. The maximum atomic E-state index is 10.3. The predicted octanol–water partition coefficient (Wildman–Crippen LogP) is 2.75. The zero-order valence-corrected chi connectivity index (χ0v) is 8.94. The van der Waals surface area contributed by atoms with Crippen molar-refractivity contribution in [3.05, 3.63) is 23.8 Å². The molecule has 0 atom stereocenters. The lowest BCUT2D eigenvalue weighted by Crippen LogP contribution is -2.12. The number of ether oxygens (including phenoxy) is 1. The number of phenols is 1. The van der Waals surface area contributed by atoms with Crippen LogP contribution in [0.15, 0.2) is 18.2 Å². The normalized spacial score (nSPS) is 11.1. The van der Waals surface area contributed by atoms with Crippen LogP contribution >= 0.6 is 0 Å². The van der Waals surface area contributed by atoms with Crippen LogP contribution in [0, 0.1) is 0 Å². The highest BCUT2D eigenvalue weighted by molar-refractivity contribution is 5.64. The van der Waals surface area contributed by atoms with Crippen molar-refractivity contribution in [3.63, 3.8) is 0 Å². The first-order valence-electron chi connectivity index (χ1n) is 4.55. The van der Waals surface area contributed by atoms with E-state index >= 15 is 0 Å². The summed E-state index contributed by atoms with van der Waals surface area (Å²) < 4.78 is 4.45. The van der Waals surface area contributed by atoms with E-state index < -0.39 is 6.16 Å². The molecule has 0 unspecified atom stereocenters. The third-order valence-electron chi connectivity index (χ3n) is 2.00. The van der Waals surface area contributed by atoms with Crippen LogP contribution in [0.4, 0.5) is 4.79 Å². The van der Waals surface area contributed by atoms with E-state index in [2.05, 4.69) is 4.74 Å². The van der Waals surface area contributed by atoms with Crippen LogP contribution < -0.4 is 4.74 Å². The molecule has 15 heavy (non-hydrogen) atoms. The van der Waals surface area contributed by atoms with Gasteiger partial charge in [0.1, 0.15) is 0 Å². The predicted molar refractivity (Wildman–Crippen MR) is 55.5 cm³/mol. The Kier molecular flexibility index (Phi) is 2.88. The van der Waals surface area contributed by atoms with Crippen LogP contribution in [-0.4, -0.2) is 16.4 Å². The molecule has 4 nitrogen and oxygen atoms in total. The first-order valence-corrected chi connectivity index (χ1v) is 4.55. The zero-order valence-electron chi connectivity index (χ0n) is 8.94. The molecule has 0 heterocycles. The molecule has 0 bridgehead atoms. The van der Waals surface area contributed by atoms with Gasteiger partial charge in [0.05, 0.1) is 0 Å². The van der Waals surface area contributed by atoms with E-state index in [1.54, 1.807) is 12.1 Å². The molecule has 1 aromatic carbocycles. The maximum absolute atomic E-state index is 10.3. The second-order valence-corrected chi connectivity index (χ2v) is 4.27. The van der Waals surface area contributed by atoms with Gasteiger partial charge in [-0.15, -0.1) is 0 Å². The summed E-state index contributed by atoms with van der Waals surface area (Å²) in [5.41, 5.74) is 0.392. The fraction of sp³-hybridized carbons (Fsp3) is 0.364. The van der Waals surface area contributed by atoms with Gasteiger partial charge in [0.25, 0.3) is 0 Å². The molecular formula is C11H14O4. The van der Waals surface area contributed by atoms with Gasteiger partial charge in [-0.25, -0.2) is 4.79 Å². The van der Waals surface area contributed by atoms with Gasteiger partial charge in [0.2, 0.25) is 0 Å². The Labute approximate surface area is 88.1 Å². The van der Waals surface area contributed by atoms with Gasteiger partial charge in [-0.3, -0.25) is 0 Å². The van der Waals surface area contributed by atoms with E-state index in [0.717, 1.165) is 0 Å². The fourth-order valence-electron chi connectivity index (χ4n) is 1.30. The first kappa shape index (κ1) is 11.4. The Hall–Kier alpha value is -1.71. The third kappa shape index (κ3) is 2.62. The van der Waals surface area contributed by atoms with Gasteiger partial charge >= 0.3 is 6.16 Å². The molecular weight excluding hydrogens is 196 g/mol. The number of phenolic OH excluding ortho intramolecular Hbond substituents is 1. The Morgan fingerprint density at radius 3 is 2.40 bits per heavy atom. The molecule has 0 fully saturated rings. The highest BCUT2D eigenvalue weighted by Gasteiger charge is 2.21. The quantitative estimate of drug-likeness (QED) is 0.552. The van der Waals surface area contributed by atoms with Gasteiger partial charge in [-0.1, -0.05) is 32.9 Å². The Bertz CT molecular complexity index is 377. The topological polar surface area (TPSA) is 66.8 Å². The average molecular weight is 210 g/mol. The number of benzene rings is 1. The molecule has 82 valence electrons. The van der Waals surface area contributed by atoms with Crippen molar-refractivity contribution < 1.29 is 19.7 Å². The van der Waals surface area contributed by atoms with E-state index in [-0.39, 0.29) is 16.9 Å². The number of para-hydroxylation sites is 1. The van der Waals surface area contributed by atoms with Crippen molar-refractivity contribution in [2.24, 2.45) is 0 Å². The van der Waals surface area contributed by atoms with Crippen molar-refractivity contribution in [3.8, 4) is 11.5 Å². The zero-order chi connectivity index (χ0) is 11.6. The lowest BCUT2D eigenvalue weighted by Gasteiger charge is -2.21. The van der Waals surface area contributed by atoms with Crippen LogP contribution in [0.1, 0.15) is 26.3 Å². The van der Waals surface area contributed by atoms with Gasteiger partial charge < -0.3 is 14.9 Å². The number of carbonyl (C=O) groups is 1. The highest BCUT2D eigenvalue weighted by atomic mass is 16.7. The first-order chi connectivity index (χ1) is 6.82. The molecule has 1 aromatic rings. The number of aromatic hydroxyl groups is 1. The fourth-order valence-corrected chi connectivity index (χ4v) is 1.30. The summed E-state index contributed by atoms with van der Waals surface area (Å²) in [6.07, 6.45) is -1.43. The minimum Gasteiger partial charge on any atom is -0.504 e. The summed E-state index contributed by atoms with van der Waals surface area (Å²) >= 11 is 0. The molecule has 0 aliphatic rings. The molecule has 0 saturated carbocycles. The van der Waals surface area contributed by atoms with Crippen molar-refractivity contribution in [1.82, 2.24) is 0 Å². The maximum Gasteiger partial charge on any atom is 0.511 e. The van der Waals surface area contributed by atoms with Crippen molar-refractivity contribution in [2.45, 2.75) is 26.2 Å². The molecule has 0 aliphatic carbocycles. The molecule has 0 aliphatic heterocycles. The highest BCUT2D eigenvalue weighted by Crippen LogP contribution is 2.37. The lowest BCUT2D eigenvalue weighted by atomic mass is 9.86.